The third-order valence-corrected chi connectivity index (χ3v) is 8.58. The first-order valence-corrected chi connectivity index (χ1v) is 16.3. The number of carbonyl (C=O) groups excluding carboxylic acids is 2. The van der Waals surface area contributed by atoms with Crippen LogP contribution in [0.5, 0.6) is 0 Å². The molecule has 2 aromatic carbocycles. The van der Waals surface area contributed by atoms with Crippen molar-refractivity contribution < 1.29 is 14.3 Å². The molecule has 0 spiro atoms. The Kier molecular flexibility index (Phi) is 10.6. The minimum Gasteiger partial charge on any atom is -0.378 e. The summed E-state index contributed by atoms with van der Waals surface area (Å²) in [6.45, 7) is 7.10. The van der Waals surface area contributed by atoms with Gasteiger partial charge in [0.05, 0.1) is 30.2 Å². The minimum atomic E-state index is -0.213. The number of pyridine rings is 2. The van der Waals surface area contributed by atoms with Crippen molar-refractivity contribution in [1.82, 2.24) is 19.8 Å². The van der Waals surface area contributed by atoms with E-state index in [1.54, 1.807) is 24.5 Å². The lowest BCUT2D eigenvalue weighted by atomic mass is 10.0. The number of nitrogens with zero attached hydrogens (tertiary/aromatic N) is 6. The van der Waals surface area contributed by atoms with Crippen molar-refractivity contribution in [1.29, 1.82) is 0 Å². The van der Waals surface area contributed by atoms with Crippen LogP contribution in [0.3, 0.4) is 0 Å². The number of piperazine rings is 1. The Labute approximate surface area is 276 Å². The molecule has 0 unspecified atom stereocenters. The van der Waals surface area contributed by atoms with E-state index >= 15 is 0 Å². The highest BCUT2D eigenvalue weighted by molar-refractivity contribution is 6.06. The van der Waals surface area contributed by atoms with E-state index in [0.717, 1.165) is 66.5 Å². The Morgan fingerprint density at radius 3 is 2.40 bits per heavy atom. The lowest BCUT2D eigenvalue weighted by molar-refractivity contribution is 0.0425. The lowest BCUT2D eigenvalue weighted by Crippen LogP contribution is -2.48. The highest BCUT2D eigenvalue weighted by atomic mass is 16.5. The van der Waals surface area contributed by atoms with Gasteiger partial charge in [0.15, 0.2) is 0 Å². The first-order valence-electron chi connectivity index (χ1n) is 16.3. The van der Waals surface area contributed by atoms with E-state index in [0.29, 0.717) is 51.5 Å². The van der Waals surface area contributed by atoms with Gasteiger partial charge in [-0.3, -0.25) is 9.78 Å². The molecule has 0 bridgehead atoms. The minimum absolute atomic E-state index is 0.0139. The van der Waals surface area contributed by atoms with Crippen molar-refractivity contribution >= 4 is 29.1 Å². The number of carbonyl (C=O) groups is 2. The number of ether oxygens (including phenoxy) is 1. The smallest absolute Gasteiger partial charge is 0.320 e. The quantitative estimate of drug-likeness (QED) is 0.265. The van der Waals surface area contributed by atoms with E-state index in [9.17, 15) is 9.59 Å². The van der Waals surface area contributed by atoms with Gasteiger partial charge in [0.2, 0.25) is 0 Å². The number of morpholine rings is 1. The fraction of sp³-hybridized carbons (Fsp3) is 0.333. The molecular formula is C36H42N8O3. The summed E-state index contributed by atoms with van der Waals surface area (Å²) in [6, 6.07) is 24.0. The van der Waals surface area contributed by atoms with E-state index in [-0.39, 0.29) is 11.9 Å². The standard InChI is InChI=1S/C36H42N8O3/c37-12-5-15-44(36(46)43-20-22-47-23-21-43)27-28-6-3-7-29(24-28)30-10-11-33(32(25-30)40-35(45)31-8-4-13-38-26-31)41-16-18-42(19-17-41)34-9-1-2-14-39-34/h1-4,6-11,13-14,24-26H,5,12,15-23,27,37H2,(H,40,45). The molecule has 4 aromatic rings. The molecule has 11 nitrogen and oxygen atoms in total. The second kappa shape index (κ2) is 15.5. The highest BCUT2D eigenvalue weighted by Crippen LogP contribution is 2.33. The first kappa shape index (κ1) is 32.0. The van der Waals surface area contributed by atoms with Gasteiger partial charge < -0.3 is 35.4 Å². The van der Waals surface area contributed by atoms with Crippen LogP contribution in [0.15, 0.2) is 91.4 Å². The molecular weight excluding hydrogens is 592 g/mol. The summed E-state index contributed by atoms with van der Waals surface area (Å²) in [5.74, 6) is 0.760. The number of hydrogen-bond donors (Lipinski definition) is 2. The summed E-state index contributed by atoms with van der Waals surface area (Å²) in [6.07, 6.45) is 5.78. The van der Waals surface area contributed by atoms with Gasteiger partial charge in [0.1, 0.15) is 5.82 Å². The molecule has 244 valence electrons. The summed E-state index contributed by atoms with van der Waals surface area (Å²) in [5.41, 5.74) is 11.0. The van der Waals surface area contributed by atoms with Gasteiger partial charge in [-0.05, 0) is 72.1 Å². The Hall–Kier alpha value is -5.00. The van der Waals surface area contributed by atoms with Crippen LogP contribution in [0.1, 0.15) is 22.3 Å². The highest BCUT2D eigenvalue weighted by Gasteiger charge is 2.24. The summed E-state index contributed by atoms with van der Waals surface area (Å²) < 4.78 is 5.45. The van der Waals surface area contributed by atoms with E-state index in [1.807, 2.05) is 52.4 Å². The van der Waals surface area contributed by atoms with Crippen molar-refractivity contribution in [2.75, 3.05) is 80.7 Å². The normalized spacial score (nSPS) is 15.0. The number of aromatic nitrogens is 2. The average Bonchev–Trinajstić information content (AvgIpc) is 3.14. The Balaban J connectivity index is 1.24. The lowest BCUT2D eigenvalue weighted by Gasteiger charge is -2.37. The number of rotatable bonds is 10. The molecule has 2 aliphatic heterocycles. The second-order valence-electron chi connectivity index (χ2n) is 11.7. The summed E-state index contributed by atoms with van der Waals surface area (Å²) in [5, 5.41) is 3.17. The maximum absolute atomic E-state index is 13.4. The number of amides is 3. The third kappa shape index (κ3) is 8.05. The summed E-state index contributed by atoms with van der Waals surface area (Å²) >= 11 is 0. The van der Waals surface area contributed by atoms with Crippen LogP contribution in [0.2, 0.25) is 0 Å². The Morgan fingerprint density at radius 2 is 1.66 bits per heavy atom. The number of nitrogens with one attached hydrogen (secondary N) is 1. The maximum atomic E-state index is 13.4. The van der Waals surface area contributed by atoms with Crippen LogP contribution >= 0.6 is 0 Å². The molecule has 2 aromatic heterocycles. The average molecular weight is 635 g/mol. The van der Waals surface area contributed by atoms with Crippen LogP contribution in [0.4, 0.5) is 22.0 Å². The maximum Gasteiger partial charge on any atom is 0.320 e. The zero-order chi connectivity index (χ0) is 32.4. The molecule has 2 aliphatic rings. The van der Waals surface area contributed by atoms with Gasteiger partial charge in [0, 0.05) is 70.9 Å². The van der Waals surface area contributed by atoms with Crippen LogP contribution in [0.25, 0.3) is 11.1 Å². The van der Waals surface area contributed by atoms with Crippen LogP contribution < -0.4 is 20.9 Å². The number of nitrogens with two attached hydrogens (primary N) is 1. The molecule has 11 heteroatoms. The van der Waals surface area contributed by atoms with E-state index < -0.39 is 0 Å². The molecule has 0 radical (unpaired) electrons. The SMILES string of the molecule is NCCCN(Cc1cccc(-c2ccc(N3CCN(c4ccccn4)CC3)c(NC(=O)c3cccnc3)c2)c1)C(=O)N1CCOCC1. The van der Waals surface area contributed by atoms with Crippen LogP contribution in [0, 0.1) is 0 Å². The number of anilines is 3. The first-order chi connectivity index (χ1) is 23.1. The van der Waals surface area contributed by atoms with Gasteiger partial charge in [-0.1, -0.05) is 30.3 Å². The third-order valence-electron chi connectivity index (χ3n) is 8.58. The van der Waals surface area contributed by atoms with E-state index in [2.05, 4.69) is 49.4 Å². The molecule has 0 aliphatic carbocycles. The van der Waals surface area contributed by atoms with Crippen molar-refractivity contribution in [3.63, 3.8) is 0 Å². The molecule has 47 heavy (non-hydrogen) atoms. The summed E-state index contributed by atoms with van der Waals surface area (Å²) in [7, 11) is 0. The van der Waals surface area contributed by atoms with E-state index in [1.165, 1.54) is 0 Å². The topological polar surface area (TPSA) is 120 Å². The zero-order valence-corrected chi connectivity index (χ0v) is 26.6. The van der Waals surface area contributed by atoms with Gasteiger partial charge in [-0.15, -0.1) is 0 Å². The predicted molar refractivity (Wildman–Crippen MR) is 185 cm³/mol. The van der Waals surface area contributed by atoms with Crippen LogP contribution in [-0.2, 0) is 11.3 Å². The van der Waals surface area contributed by atoms with E-state index in [4.69, 9.17) is 10.5 Å². The Morgan fingerprint density at radius 1 is 0.851 bits per heavy atom. The zero-order valence-electron chi connectivity index (χ0n) is 26.6. The molecule has 4 heterocycles. The fourth-order valence-corrected chi connectivity index (χ4v) is 6.05. The van der Waals surface area contributed by atoms with Gasteiger partial charge in [-0.25, -0.2) is 9.78 Å². The largest absolute Gasteiger partial charge is 0.378 e. The van der Waals surface area contributed by atoms with Gasteiger partial charge in [0.25, 0.3) is 5.91 Å². The van der Waals surface area contributed by atoms with Crippen molar-refractivity contribution in [3.05, 3.63) is 103 Å². The second-order valence-corrected chi connectivity index (χ2v) is 11.7. The van der Waals surface area contributed by atoms with Crippen LogP contribution in [-0.4, -0.2) is 97.3 Å². The Bertz CT molecular complexity index is 1620. The van der Waals surface area contributed by atoms with Gasteiger partial charge >= 0.3 is 6.03 Å². The number of urea groups is 1. The molecule has 3 amide bonds. The predicted octanol–water partition coefficient (Wildman–Crippen LogP) is 4.33. The summed E-state index contributed by atoms with van der Waals surface area (Å²) in [4.78, 5) is 43.7. The van der Waals surface area contributed by atoms with Crippen molar-refractivity contribution in [2.45, 2.75) is 13.0 Å². The van der Waals surface area contributed by atoms with Crippen molar-refractivity contribution in [2.24, 2.45) is 5.73 Å². The van der Waals surface area contributed by atoms with Crippen molar-refractivity contribution in [3.8, 4) is 11.1 Å². The molecule has 2 fully saturated rings. The molecule has 0 atom stereocenters. The molecule has 6 rings (SSSR count). The number of benzene rings is 2. The molecule has 0 saturated carbocycles. The fourth-order valence-electron chi connectivity index (χ4n) is 6.05. The number of hydrogen-bond acceptors (Lipinski definition) is 8. The molecule has 2 saturated heterocycles. The van der Waals surface area contributed by atoms with Gasteiger partial charge in [-0.2, -0.15) is 0 Å². The monoisotopic (exact) mass is 634 g/mol. The molecule has 3 N–H and O–H groups in total.